The van der Waals surface area contributed by atoms with Crippen LogP contribution >= 0.6 is 0 Å². The van der Waals surface area contributed by atoms with Crippen molar-refractivity contribution in [3.05, 3.63) is 29.8 Å². The van der Waals surface area contributed by atoms with E-state index in [1.165, 1.54) is 12.8 Å². The second kappa shape index (κ2) is 6.01. The molecular formula is C15H21NO2. The van der Waals surface area contributed by atoms with Gasteiger partial charge in [0, 0.05) is 5.56 Å². The molecule has 0 unspecified atom stereocenters. The van der Waals surface area contributed by atoms with Gasteiger partial charge in [-0.15, -0.1) is 0 Å². The van der Waals surface area contributed by atoms with Gasteiger partial charge in [0.15, 0.2) is 5.78 Å². The van der Waals surface area contributed by atoms with E-state index < -0.39 is 0 Å². The Labute approximate surface area is 109 Å². The summed E-state index contributed by atoms with van der Waals surface area (Å²) in [6, 6.07) is 7.47. The first-order valence-corrected chi connectivity index (χ1v) is 6.68. The Morgan fingerprint density at radius 3 is 2.39 bits per heavy atom. The number of ketones is 1. The number of ether oxygens (including phenoxy) is 1. The first-order chi connectivity index (χ1) is 8.76. The van der Waals surface area contributed by atoms with Crippen LogP contribution in [0.25, 0.3) is 0 Å². The summed E-state index contributed by atoms with van der Waals surface area (Å²) in [4.78, 5) is 14.8. The van der Waals surface area contributed by atoms with E-state index in [1.807, 2.05) is 24.3 Å². The lowest BCUT2D eigenvalue weighted by molar-refractivity contribution is 0.0844. The quantitative estimate of drug-likeness (QED) is 0.749. The molecule has 0 spiro atoms. The molecule has 3 heteroatoms. The van der Waals surface area contributed by atoms with Gasteiger partial charge in [-0.1, -0.05) is 6.92 Å². The zero-order chi connectivity index (χ0) is 13.0. The molecule has 98 valence electrons. The second-order valence-corrected chi connectivity index (χ2v) is 4.76. The van der Waals surface area contributed by atoms with Gasteiger partial charge in [-0.25, -0.2) is 0 Å². The average Bonchev–Trinajstić information content (AvgIpc) is 2.93. The summed E-state index contributed by atoms with van der Waals surface area (Å²) in [6.07, 6.45) is 3.31. The summed E-state index contributed by atoms with van der Waals surface area (Å²) >= 11 is 0. The van der Waals surface area contributed by atoms with Crippen LogP contribution in [0.3, 0.4) is 0 Å². The minimum atomic E-state index is 0.0425. The van der Waals surface area contributed by atoms with Gasteiger partial charge >= 0.3 is 0 Å². The molecule has 1 heterocycles. The van der Waals surface area contributed by atoms with E-state index in [0.29, 0.717) is 0 Å². The first-order valence-electron chi connectivity index (χ1n) is 6.68. The Balaban J connectivity index is 2.11. The van der Waals surface area contributed by atoms with Crippen LogP contribution in [0.5, 0.6) is 5.75 Å². The van der Waals surface area contributed by atoms with Crippen molar-refractivity contribution in [3.8, 4) is 5.75 Å². The third-order valence-corrected chi connectivity index (χ3v) is 3.65. The van der Waals surface area contributed by atoms with Crippen LogP contribution in [0.4, 0.5) is 0 Å². The van der Waals surface area contributed by atoms with Crippen LogP contribution < -0.4 is 4.74 Å². The van der Waals surface area contributed by atoms with Crippen molar-refractivity contribution >= 4 is 5.78 Å². The molecule has 3 nitrogen and oxygen atoms in total. The summed E-state index contributed by atoms with van der Waals surface area (Å²) in [5.41, 5.74) is 0.787. The second-order valence-electron chi connectivity index (χ2n) is 4.76. The van der Waals surface area contributed by atoms with Crippen molar-refractivity contribution in [1.82, 2.24) is 4.90 Å². The number of hydrogen-bond acceptors (Lipinski definition) is 3. The van der Waals surface area contributed by atoms with Gasteiger partial charge in [0.25, 0.3) is 0 Å². The van der Waals surface area contributed by atoms with Gasteiger partial charge in [0.2, 0.25) is 0 Å². The molecule has 1 aliphatic heterocycles. The highest BCUT2D eigenvalue weighted by atomic mass is 16.5. The Kier molecular flexibility index (Phi) is 4.37. The topological polar surface area (TPSA) is 29.5 Å². The molecule has 0 saturated carbocycles. The maximum absolute atomic E-state index is 12.5. The van der Waals surface area contributed by atoms with E-state index in [-0.39, 0.29) is 11.8 Å². The van der Waals surface area contributed by atoms with Crippen molar-refractivity contribution in [2.75, 3.05) is 20.2 Å². The zero-order valence-electron chi connectivity index (χ0n) is 11.2. The normalized spacial score (nSPS) is 17.7. The molecule has 1 aromatic carbocycles. The van der Waals surface area contributed by atoms with Crippen molar-refractivity contribution in [2.45, 2.75) is 32.2 Å². The molecule has 1 aromatic rings. The van der Waals surface area contributed by atoms with Crippen LogP contribution in [0.1, 0.15) is 36.5 Å². The van der Waals surface area contributed by atoms with Gasteiger partial charge in [-0.3, -0.25) is 9.69 Å². The molecule has 1 aliphatic rings. The summed E-state index contributed by atoms with van der Waals surface area (Å²) in [6.45, 7) is 4.20. The lowest BCUT2D eigenvalue weighted by Crippen LogP contribution is -2.38. The summed E-state index contributed by atoms with van der Waals surface area (Å²) < 4.78 is 5.11. The Hall–Kier alpha value is -1.35. The molecule has 0 radical (unpaired) electrons. The van der Waals surface area contributed by atoms with Crippen LogP contribution in [-0.4, -0.2) is 36.9 Å². The summed E-state index contributed by atoms with van der Waals surface area (Å²) in [7, 11) is 1.63. The maximum atomic E-state index is 12.5. The summed E-state index contributed by atoms with van der Waals surface area (Å²) in [5, 5.41) is 0. The van der Waals surface area contributed by atoms with Gasteiger partial charge < -0.3 is 4.74 Å². The predicted molar refractivity (Wildman–Crippen MR) is 72.2 cm³/mol. The molecule has 0 bridgehead atoms. The number of nitrogens with zero attached hydrogens (tertiary/aromatic N) is 1. The number of likely N-dealkylation sites (tertiary alicyclic amines) is 1. The molecule has 0 aliphatic carbocycles. The Morgan fingerprint density at radius 1 is 1.28 bits per heavy atom. The van der Waals surface area contributed by atoms with Crippen LogP contribution in [-0.2, 0) is 0 Å². The monoisotopic (exact) mass is 247 g/mol. The fraction of sp³-hybridized carbons (Fsp3) is 0.533. The van der Waals surface area contributed by atoms with E-state index in [2.05, 4.69) is 11.8 Å². The Bertz CT molecular complexity index is 393. The van der Waals surface area contributed by atoms with Crippen molar-refractivity contribution < 1.29 is 9.53 Å². The highest BCUT2D eigenvalue weighted by Crippen LogP contribution is 2.19. The fourth-order valence-corrected chi connectivity index (χ4v) is 2.61. The van der Waals surface area contributed by atoms with Gasteiger partial charge in [0.1, 0.15) is 5.75 Å². The molecule has 18 heavy (non-hydrogen) atoms. The van der Waals surface area contributed by atoms with E-state index in [0.717, 1.165) is 30.8 Å². The third-order valence-electron chi connectivity index (χ3n) is 3.65. The number of carbonyl (C=O) groups excluding carboxylic acids is 1. The number of Topliss-reactive ketones (excluding diaryl/α,β-unsaturated/α-hetero) is 1. The van der Waals surface area contributed by atoms with E-state index in [9.17, 15) is 4.79 Å². The first kappa shape index (κ1) is 13.1. The Morgan fingerprint density at radius 2 is 1.89 bits per heavy atom. The number of benzene rings is 1. The minimum absolute atomic E-state index is 0.0425. The highest BCUT2D eigenvalue weighted by Gasteiger charge is 2.27. The summed E-state index contributed by atoms with van der Waals surface area (Å²) in [5.74, 6) is 1.03. The smallest absolute Gasteiger partial charge is 0.179 e. The number of rotatable bonds is 5. The molecule has 1 atom stereocenters. The molecule has 0 aromatic heterocycles. The molecule has 2 rings (SSSR count). The highest BCUT2D eigenvalue weighted by molar-refractivity contribution is 6.00. The number of methoxy groups -OCH3 is 1. The minimum Gasteiger partial charge on any atom is -0.497 e. The molecular weight excluding hydrogens is 226 g/mol. The largest absolute Gasteiger partial charge is 0.497 e. The molecule has 1 saturated heterocycles. The van der Waals surface area contributed by atoms with Gasteiger partial charge in [-0.2, -0.15) is 0 Å². The average molecular weight is 247 g/mol. The van der Waals surface area contributed by atoms with E-state index in [1.54, 1.807) is 7.11 Å². The molecule has 0 amide bonds. The predicted octanol–water partition coefficient (Wildman–Crippen LogP) is 2.75. The lowest BCUT2D eigenvalue weighted by Gasteiger charge is -2.25. The standard InChI is InChI=1S/C15H21NO2/c1-3-14(16-10-4-5-11-16)15(17)12-6-8-13(18-2)9-7-12/h6-9,14H,3-5,10-11H2,1-2H3/t14-/m1/s1. The molecule has 0 N–H and O–H groups in total. The lowest BCUT2D eigenvalue weighted by atomic mass is 10.0. The SMILES string of the molecule is CC[C@H](C(=O)c1ccc(OC)cc1)N1CCCC1. The number of carbonyl (C=O) groups is 1. The fourth-order valence-electron chi connectivity index (χ4n) is 2.61. The van der Waals surface area contributed by atoms with Crippen molar-refractivity contribution in [3.63, 3.8) is 0 Å². The van der Waals surface area contributed by atoms with Crippen LogP contribution in [0, 0.1) is 0 Å². The molecule has 1 fully saturated rings. The van der Waals surface area contributed by atoms with E-state index >= 15 is 0 Å². The van der Waals surface area contributed by atoms with Gasteiger partial charge in [0.05, 0.1) is 13.2 Å². The van der Waals surface area contributed by atoms with E-state index in [4.69, 9.17) is 4.74 Å². The van der Waals surface area contributed by atoms with Crippen molar-refractivity contribution in [2.24, 2.45) is 0 Å². The third kappa shape index (κ3) is 2.72. The van der Waals surface area contributed by atoms with Crippen LogP contribution in [0.2, 0.25) is 0 Å². The zero-order valence-corrected chi connectivity index (χ0v) is 11.2. The van der Waals surface area contributed by atoms with Crippen LogP contribution in [0.15, 0.2) is 24.3 Å². The van der Waals surface area contributed by atoms with Crippen molar-refractivity contribution in [1.29, 1.82) is 0 Å². The van der Waals surface area contributed by atoms with Gasteiger partial charge in [-0.05, 0) is 56.6 Å². The number of hydrogen-bond donors (Lipinski definition) is 0. The maximum Gasteiger partial charge on any atom is 0.179 e.